The van der Waals surface area contributed by atoms with Gasteiger partial charge in [0.05, 0.1) is 0 Å². The Morgan fingerprint density at radius 1 is 0.895 bits per heavy atom. The second kappa shape index (κ2) is 8.98. The van der Waals surface area contributed by atoms with Crippen molar-refractivity contribution in [1.29, 1.82) is 0 Å². The number of carboxylic acid groups (broad SMARTS) is 2. The molecule has 0 aromatic rings. The van der Waals surface area contributed by atoms with Gasteiger partial charge < -0.3 is 10.2 Å². The molecule has 0 saturated carbocycles. The van der Waals surface area contributed by atoms with E-state index in [1.165, 1.54) is 0 Å². The van der Waals surface area contributed by atoms with Crippen molar-refractivity contribution in [3.8, 4) is 0 Å². The van der Waals surface area contributed by atoms with Crippen molar-refractivity contribution in [2.75, 3.05) is 0 Å². The monoisotopic (exact) mass is 282 g/mol. The number of hydrogen-bond acceptors (Lipinski definition) is 2. The number of aliphatic carboxylic acids is 2. The molecule has 0 radical (unpaired) electrons. The second-order valence-electron chi connectivity index (χ2n) is 5.93. The Balaban J connectivity index is 0. The molecule has 0 rings (SSSR count). The summed E-state index contributed by atoms with van der Waals surface area (Å²) in [7, 11) is 0. The van der Waals surface area contributed by atoms with Gasteiger partial charge in [0.1, 0.15) is 0 Å². The fourth-order valence-corrected chi connectivity index (χ4v) is 2.32. The third kappa shape index (κ3) is 5.44. The molecule has 0 amide bonds. The van der Waals surface area contributed by atoms with Crippen LogP contribution in [0.15, 0.2) is 0 Å². The Labute approximate surface area is 138 Å². The average molecular weight is 282 g/mol. The Hall–Kier alpha value is -0.0600. The molecule has 2 N–H and O–H groups in total. The minimum absolute atomic E-state index is 0. The van der Waals surface area contributed by atoms with Gasteiger partial charge in [-0.25, -0.2) is 0 Å². The van der Waals surface area contributed by atoms with E-state index < -0.39 is 22.8 Å². The number of unbranched alkanes of at least 4 members (excludes halogenated alkanes) is 4. The molecule has 0 fully saturated rings. The first-order valence-corrected chi connectivity index (χ1v) is 6.67. The van der Waals surface area contributed by atoms with Crippen LogP contribution in [0.2, 0.25) is 0 Å². The molecule has 0 aliphatic carbocycles. The van der Waals surface area contributed by atoms with Gasteiger partial charge in [0.25, 0.3) is 0 Å². The number of rotatable bonds is 8. The SMILES string of the molecule is CCCCCCCC(C(=O)O)(C(=O)O)C(C)(C)C.[NaH]. The minimum atomic E-state index is -1.68. The van der Waals surface area contributed by atoms with E-state index in [1.807, 2.05) is 0 Å². The van der Waals surface area contributed by atoms with Crippen molar-refractivity contribution in [1.82, 2.24) is 0 Å². The summed E-state index contributed by atoms with van der Waals surface area (Å²) in [6.07, 6.45) is 5.01. The van der Waals surface area contributed by atoms with Crippen molar-refractivity contribution >= 4 is 41.5 Å². The van der Waals surface area contributed by atoms with Gasteiger partial charge in [-0.1, -0.05) is 59.8 Å². The fourth-order valence-electron chi connectivity index (χ4n) is 2.32. The maximum absolute atomic E-state index is 11.4. The molecule has 0 aliphatic heterocycles. The zero-order valence-electron chi connectivity index (χ0n) is 12.0. The third-order valence-electron chi connectivity index (χ3n) is 3.67. The van der Waals surface area contributed by atoms with E-state index >= 15 is 0 Å². The van der Waals surface area contributed by atoms with Crippen LogP contribution >= 0.6 is 0 Å². The van der Waals surface area contributed by atoms with E-state index in [0.717, 1.165) is 25.7 Å². The first-order valence-electron chi connectivity index (χ1n) is 6.67. The van der Waals surface area contributed by atoms with Gasteiger partial charge in [-0.15, -0.1) is 0 Å². The van der Waals surface area contributed by atoms with Crippen molar-refractivity contribution < 1.29 is 19.8 Å². The number of carbonyl (C=O) groups is 2. The van der Waals surface area contributed by atoms with Crippen LogP contribution in [0, 0.1) is 10.8 Å². The second-order valence-corrected chi connectivity index (χ2v) is 5.93. The predicted molar refractivity (Wildman–Crippen MR) is 77.7 cm³/mol. The van der Waals surface area contributed by atoms with Crippen LogP contribution in [0.1, 0.15) is 66.2 Å². The first-order chi connectivity index (χ1) is 8.20. The summed E-state index contributed by atoms with van der Waals surface area (Å²) in [6, 6.07) is 0. The van der Waals surface area contributed by atoms with Crippen LogP contribution in [0.3, 0.4) is 0 Å². The van der Waals surface area contributed by atoms with Crippen molar-refractivity contribution in [3.63, 3.8) is 0 Å². The zero-order valence-corrected chi connectivity index (χ0v) is 12.0. The summed E-state index contributed by atoms with van der Waals surface area (Å²) in [5, 5.41) is 18.7. The molecule has 0 atom stereocenters. The Bertz CT molecular complexity index is 280. The van der Waals surface area contributed by atoms with Gasteiger partial charge in [0.15, 0.2) is 5.41 Å². The van der Waals surface area contributed by atoms with Crippen LogP contribution in [-0.2, 0) is 9.59 Å². The van der Waals surface area contributed by atoms with E-state index in [2.05, 4.69) is 6.92 Å². The summed E-state index contributed by atoms with van der Waals surface area (Å²) < 4.78 is 0. The molecule has 0 aliphatic rings. The van der Waals surface area contributed by atoms with Crippen molar-refractivity contribution in [2.24, 2.45) is 10.8 Å². The summed E-state index contributed by atoms with van der Waals surface area (Å²) in [4.78, 5) is 22.9. The summed E-state index contributed by atoms with van der Waals surface area (Å²) in [5.74, 6) is -2.45. The molecule has 4 nitrogen and oxygen atoms in total. The van der Waals surface area contributed by atoms with E-state index in [9.17, 15) is 19.8 Å². The van der Waals surface area contributed by atoms with Gasteiger partial charge in [-0.2, -0.15) is 0 Å². The third-order valence-corrected chi connectivity index (χ3v) is 3.67. The van der Waals surface area contributed by atoms with Crippen LogP contribution < -0.4 is 0 Å². The van der Waals surface area contributed by atoms with E-state index in [0.29, 0.717) is 6.42 Å². The number of carboxylic acids is 2. The normalized spacial score (nSPS) is 11.8. The standard InChI is InChI=1S/C14H26O4.Na.H/c1-5-6-7-8-9-10-14(11(15)16,12(17)18)13(2,3)4;;/h5-10H2,1-4H3,(H,15,16)(H,17,18);;. The Morgan fingerprint density at radius 3 is 1.63 bits per heavy atom. The molecule has 0 aromatic carbocycles. The molecule has 0 bridgehead atoms. The molecule has 0 unspecified atom stereocenters. The molecule has 0 heterocycles. The molecule has 108 valence electrons. The van der Waals surface area contributed by atoms with Crippen molar-refractivity contribution in [2.45, 2.75) is 66.2 Å². The van der Waals surface area contributed by atoms with Gasteiger partial charge in [-0.3, -0.25) is 9.59 Å². The summed E-state index contributed by atoms with van der Waals surface area (Å²) >= 11 is 0. The number of hydrogen-bond donors (Lipinski definition) is 2. The summed E-state index contributed by atoms with van der Waals surface area (Å²) in [6.45, 7) is 7.15. The fraction of sp³-hybridized carbons (Fsp3) is 0.857. The van der Waals surface area contributed by atoms with Gasteiger partial charge in [0, 0.05) is 0 Å². The Morgan fingerprint density at radius 2 is 1.32 bits per heavy atom. The van der Waals surface area contributed by atoms with Crippen LogP contribution in [0.5, 0.6) is 0 Å². The average Bonchev–Trinajstić information content (AvgIpc) is 2.20. The van der Waals surface area contributed by atoms with E-state index in [1.54, 1.807) is 20.8 Å². The van der Waals surface area contributed by atoms with Gasteiger partial charge in [0.2, 0.25) is 0 Å². The summed E-state index contributed by atoms with van der Waals surface area (Å²) in [5.41, 5.74) is -2.48. The molecule has 5 heteroatoms. The van der Waals surface area contributed by atoms with Crippen molar-refractivity contribution in [3.05, 3.63) is 0 Å². The Kier molecular flexibility index (Phi) is 10.0. The topological polar surface area (TPSA) is 74.6 Å². The van der Waals surface area contributed by atoms with Gasteiger partial charge >= 0.3 is 41.5 Å². The first kappa shape index (κ1) is 21.2. The van der Waals surface area contributed by atoms with Crippen LogP contribution in [-0.4, -0.2) is 51.7 Å². The predicted octanol–water partition coefficient (Wildman–Crippen LogP) is 2.90. The molecular formula is C14H27NaO4. The molecule has 0 saturated heterocycles. The quantitative estimate of drug-likeness (QED) is 0.408. The van der Waals surface area contributed by atoms with Crippen LogP contribution in [0.25, 0.3) is 0 Å². The molecular weight excluding hydrogens is 255 g/mol. The van der Waals surface area contributed by atoms with E-state index in [4.69, 9.17) is 0 Å². The molecule has 0 spiro atoms. The van der Waals surface area contributed by atoms with Crippen LogP contribution in [0.4, 0.5) is 0 Å². The zero-order chi connectivity index (χ0) is 14.4. The maximum atomic E-state index is 11.4. The van der Waals surface area contributed by atoms with Gasteiger partial charge in [-0.05, 0) is 11.8 Å². The molecule has 19 heavy (non-hydrogen) atoms. The molecule has 0 aromatic heterocycles. The van der Waals surface area contributed by atoms with E-state index in [-0.39, 0.29) is 36.0 Å².